The molecule has 0 atom stereocenters. The highest BCUT2D eigenvalue weighted by molar-refractivity contribution is 5.65. The van der Waals surface area contributed by atoms with Crippen molar-refractivity contribution in [3.8, 4) is 0 Å². The molecular weight excluding hydrogens is 297 g/mol. The van der Waals surface area contributed by atoms with Crippen LogP contribution in [0.1, 0.15) is 41.3 Å². The molecule has 6 heteroatoms. The smallest absolute Gasteiger partial charge is 0.407 e. The summed E-state index contributed by atoms with van der Waals surface area (Å²) in [5.41, 5.74) is 4.33. The van der Waals surface area contributed by atoms with Gasteiger partial charge in [-0.3, -0.25) is 4.68 Å². The lowest BCUT2D eigenvalue weighted by atomic mass is 10.0. The largest absolute Gasteiger partial charge is 0.465 e. The van der Waals surface area contributed by atoms with E-state index in [4.69, 9.17) is 5.10 Å². The van der Waals surface area contributed by atoms with E-state index < -0.39 is 6.09 Å². The lowest BCUT2D eigenvalue weighted by Crippen LogP contribution is -2.35. The number of rotatable bonds is 3. The van der Waals surface area contributed by atoms with Gasteiger partial charge in [0.1, 0.15) is 5.82 Å². The molecule has 5 nitrogen and oxygen atoms in total. The van der Waals surface area contributed by atoms with Crippen LogP contribution < -0.4 is 0 Å². The van der Waals surface area contributed by atoms with Gasteiger partial charge in [0.2, 0.25) is 0 Å². The van der Waals surface area contributed by atoms with Crippen LogP contribution >= 0.6 is 0 Å². The van der Waals surface area contributed by atoms with Crippen molar-refractivity contribution in [2.75, 3.05) is 6.54 Å². The molecular formula is C17H18FN3O2. The Morgan fingerprint density at radius 2 is 2.04 bits per heavy atom. The maximum Gasteiger partial charge on any atom is 0.407 e. The van der Waals surface area contributed by atoms with Crippen molar-refractivity contribution in [1.82, 2.24) is 14.7 Å². The highest BCUT2D eigenvalue weighted by atomic mass is 19.1. The van der Waals surface area contributed by atoms with Gasteiger partial charge in [0.05, 0.1) is 24.5 Å². The number of amides is 1. The van der Waals surface area contributed by atoms with Crippen molar-refractivity contribution in [2.24, 2.45) is 0 Å². The second-order valence-electron chi connectivity index (χ2n) is 6.32. The number of fused-ring (bicyclic) bond motifs is 1. The monoisotopic (exact) mass is 315 g/mol. The summed E-state index contributed by atoms with van der Waals surface area (Å²) in [4.78, 5) is 12.7. The van der Waals surface area contributed by atoms with Crippen molar-refractivity contribution in [3.63, 3.8) is 0 Å². The maximum absolute atomic E-state index is 13.1. The molecule has 23 heavy (non-hydrogen) atoms. The van der Waals surface area contributed by atoms with E-state index in [-0.39, 0.29) is 5.82 Å². The third kappa shape index (κ3) is 2.69. The van der Waals surface area contributed by atoms with Crippen molar-refractivity contribution in [2.45, 2.75) is 38.3 Å². The van der Waals surface area contributed by atoms with E-state index in [9.17, 15) is 14.3 Å². The number of hydrogen-bond donors (Lipinski definition) is 1. The topological polar surface area (TPSA) is 58.4 Å². The number of carboxylic acid groups (broad SMARTS) is 1. The molecule has 2 heterocycles. The maximum atomic E-state index is 13.1. The van der Waals surface area contributed by atoms with Crippen LogP contribution in [0.5, 0.6) is 0 Å². The Kier molecular flexibility index (Phi) is 3.32. The molecule has 2 aliphatic rings. The Labute approximate surface area is 133 Å². The van der Waals surface area contributed by atoms with E-state index in [1.54, 1.807) is 12.1 Å². The Morgan fingerprint density at radius 1 is 1.30 bits per heavy atom. The van der Waals surface area contributed by atoms with Gasteiger partial charge >= 0.3 is 6.09 Å². The molecule has 1 aliphatic heterocycles. The zero-order valence-corrected chi connectivity index (χ0v) is 12.7. The third-order valence-corrected chi connectivity index (χ3v) is 4.65. The van der Waals surface area contributed by atoms with Crippen LogP contribution in [0.4, 0.5) is 9.18 Å². The highest BCUT2D eigenvalue weighted by Crippen LogP contribution is 2.42. The summed E-state index contributed by atoms with van der Waals surface area (Å²) >= 11 is 0. The fraction of sp³-hybridized carbons (Fsp3) is 0.412. The van der Waals surface area contributed by atoms with Crippen LogP contribution in [-0.2, 0) is 19.5 Å². The van der Waals surface area contributed by atoms with Crippen LogP contribution in [-0.4, -0.2) is 32.4 Å². The number of halogens is 1. The first-order valence-corrected chi connectivity index (χ1v) is 7.92. The first-order valence-electron chi connectivity index (χ1n) is 7.92. The lowest BCUT2D eigenvalue weighted by molar-refractivity contribution is 0.138. The van der Waals surface area contributed by atoms with Crippen molar-refractivity contribution in [1.29, 1.82) is 0 Å². The molecule has 1 aliphatic carbocycles. The van der Waals surface area contributed by atoms with Gasteiger partial charge in [-0.05, 0) is 37.0 Å². The molecule has 0 saturated heterocycles. The Morgan fingerprint density at radius 3 is 2.70 bits per heavy atom. The summed E-state index contributed by atoms with van der Waals surface area (Å²) in [6.07, 6.45) is 2.18. The molecule has 1 aromatic carbocycles. The Balaban J connectivity index is 1.68. The van der Waals surface area contributed by atoms with Gasteiger partial charge < -0.3 is 10.0 Å². The SMILES string of the molecule is O=C(O)N1CCc2c(C3CC3)nn(Cc3ccc(F)cc3)c2C1. The third-order valence-electron chi connectivity index (χ3n) is 4.65. The van der Waals surface area contributed by atoms with Crippen LogP contribution in [0.25, 0.3) is 0 Å². The van der Waals surface area contributed by atoms with E-state index in [1.165, 1.54) is 35.4 Å². The molecule has 1 N–H and O–H groups in total. The van der Waals surface area contributed by atoms with Gasteiger partial charge in [0, 0.05) is 18.0 Å². The average molecular weight is 315 g/mol. The minimum Gasteiger partial charge on any atom is -0.465 e. The Bertz CT molecular complexity index is 750. The van der Waals surface area contributed by atoms with Crippen molar-refractivity contribution in [3.05, 3.63) is 52.6 Å². The zero-order valence-electron chi connectivity index (χ0n) is 12.7. The summed E-state index contributed by atoms with van der Waals surface area (Å²) < 4.78 is 15.0. The summed E-state index contributed by atoms with van der Waals surface area (Å²) in [6.45, 7) is 1.46. The van der Waals surface area contributed by atoms with Crippen LogP contribution in [0, 0.1) is 5.82 Å². The fourth-order valence-electron chi connectivity index (χ4n) is 3.25. The van der Waals surface area contributed by atoms with Gasteiger partial charge in [0.25, 0.3) is 0 Å². The first-order chi connectivity index (χ1) is 11.1. The van der Waals surface area contributed by atoms with E-state index in [2.05, 4.69) is 0 Å². The molecule has 4 rings (SSSR count). The minimum absolute atomic E-state index is 0.257. The second kappa shape index (κ2) is 5.37. The molecule has 0 radical (unpaired) electrons. The second-order valence-corrected chi connectivity index (χ2v) is 6.32. The molecule has 1 fully saturated rings. The molecule has 1 aromatic heterocycles. The first kappa shape index (κ1) is 14.2. The number of aromatic nitrogens is 2. The standard InChI is InChI=1S/C17H18FN3O2/c18-13-5-1-11(2-6-13)9-21-15-10-20(17(22)23)8-7-14(15)16(19-21)12-3-4-12/h1-2,5-6,12H,3-4,7-10H2,(H,22,23). The van der Waals surface area contributed by atoms with Crippen LogP contribution in [0.3, 0.4) is 0 Å². The van der Waals surface area contributed by atoms with E-state index >= 15 is 0 Å². The number of hydrogen-bond acceptors (Lipinski definition) is 2. The minimum atomic E-state index is -0.891. The van der Waals surface area contributed by atoms with Crippen molar-refractivity contribution < 1.29 is 14.3 Å². The summed E-state index contributed by atoms with van der Waals surface area (Å²) in [6, 6.07) is 6.38. The average Bonchev–Trinajstić information content (AvgIpc) is 3.32. The van der Waals surface area contributed by atoms with E-state index in [1.807, 2.05) is 4.68 Å². The summed E-state index contributed by atoms with van der Waals surface area (Å²) in [5.74, 6) is 0.279. The van der Waals surface area contributed by atoms with Gasteiger partial charge in [-0.2, -0.15) is 5.10 Å². The lowest BCUT2D eigenvalue weighted by Gasteiger charge is -2.25. The summed E-state index contributed by atoms with van der Waals surface area (Å²) in [5, 5.41) is 14.0. The molecule has 2 aromatic rings. The number of benzene rings is 1. The van der Waals surface area contributed by atoms with Gasteiger partial charge in [0.15, 0.2) is 0 Å². The van der Waals surface area contributed by atoms with Gasteiger partial charge in [-0.1, -0.05) is 12.1 Å². The molecule has 0 bridgehead atoms. The van der Waals surface area contributed by atoms with Crippen LogP contribution in [0.2, 0.25) is 0 Å². The normalized spacial score (nSPS) is 17.2. The van der Waals surface area contributed by atoms with E-state index in [0.29, 0.717) is 25.6 Å². The number of nitrogens with zero attached hydrogens (tertiary/aromatic N) is 3. The number of carbonyl (C=O) groups is 1. The fourth-order valence-corrected chi connectivity index (χ4v) is 3.25. The van der Waals surface area contributed by atoms with Gasteiger partial charge in [-0.15, -0.1) is 0 Å². The molecule has 1 amide bonds. The van der Waals surface area contributed by atoms with E-state index in [0.717, 1.165) is 23.4 Å². The molecule has 0 unspecified atom stereocenters. The zero-order chi connectivity index (χ0) is 16.0. The molecule has 0 spiro atoms. The molecule has 1 saturated carbocycles. The van der Waals surface area contributed by atoms with Crippen molar-refractivity contribution >= 4 is 6.09 Å². The predicted molar refractivity (Wildman–Crippen MR) is 81.8 cm³/mol. The highest BCUT2D eigenvalue weighted by Gasteiger charge is 2.34. The summed E-state index contributed by atoms with van der Waals surface area (Å²) in [7, 11) is 0. The Hall–Kier alpha value is -2.37. The quantitative estimate of drug-likeness (QED) is 0.947. The van der Waals surface area contributed by atoms with Crippen LogP contribution in [0.15, 0.2) is 24.3 Å². The predicted octanol–water partition coefficient (Wildman–Crippen LogP) is 2.98. The van der Waals surface area contributed by atoms with Gasteiger partial charge in [-0.25, -0.2) is 9.18 Å². The molecule has 120 valence electrons.